The number of likely N-dealkylation sites (N-methyl/N-ethyl adjacent to an activating group) is 1. The Morgan fingerprint density at radius 1 is 1.53 bits per heavy atom. The predicted molar refractivity (Wildman–Crippen MR) is 81.3 cm³/mol. The van der Waals surface area contributed by atoms with Crippen LogP contribution in [0, 0.1) is 0 Å². The summed E-state index contributed by atoms with van der Waals surface area (Å²) in [6, 6.07) is 5.75. The zero-order valence-electron chi connectivity index (χ0n) is 11.6. The molecule has 0 radical (unpaired) electrons. The van der Waals surface area contributed by atoms with Crippen LogP contribution in [0.15, 0.2) is 22.7 Å². The van der Waals surface area contributed by atoms with E-state index in [0.29, 0.717) is 6.54 Å². The van der Waals surface area contributed by atoms with Gasteiger partial charge in [0.2, 0.25) is 5.91 Å². The number of halogens is 1. The van der Waals surface area contributed by atoms with E-state index in [1.165, 1.54) is 0 Å². The summed E-state index contributed by atoms with van der Waals surface area (Å²) in [5.74, 6) is -0.0343. The van der Waals surface area contributed by atoms with Gasteiger partial charge in [0.1, 0.15) is 0 Å². The largest absolute Gasteiger partial charge is 0.389 e. The van der Waals surface area contributed by atoms with Crippen LogP contribution in [0.4, 0.5) is 5.69 Å². The summed E-state index contributed by atoms with van der Waals surface area (Å²) in [7, 11) is 1.63. The van der Waals surface area contributed by atoms with Gasteiger partial charge in [-0.1, -0.05) is 22.9 Å². The van der Waals surface area contributed by atoms with Gasteiger partial charge in [-0.2, -0.15) is 0 Å². The van der Waals surface area contributed by atoms with Gasteiger partial charge in [-0.05, 0) is 31.5 Å². The Kier molecular flexibility index (Phi) is 6.31. The third-order valence-corrected chi connectivity index (χ3v) is 3.38. The minimum absolute atomic E-state index is 0.0343. The highest BCUT2D eigenvalue weighted by Crippen LogP contribution is 2.29. The number of nitrogens with one attached hydrogen (secondary N) is 1. The highest BCUT2D eigenvalue weighted by atomic mass is 79.9. The minimum Gasteiger partial charge on any atom is -0.389 e. The molecule has 1 rings (SSSR count). The molecule has 2 N–H and O–H groups in total. The first-order chi connectivity index (χ1) is 8.99. The van der Waals surface area contributed by atoms with Crippen LogP contribution in [0.2, 0.25) is 0 Å². The first-order valence-electron chi connectivity index (χ1n) is 6.42. The van der Waals surface area contributed by atoms with Crippen molar-refractivity contribution in [1.29, 1.82) is 0 Å². The molecule has 5 heteroatoms. The number of anilines is 1. The Morgan fingerprint density at radius 3 is 2.74 bits per heavy atom. The van der Waals surface area contributed by atoms with Crippen molar-refractivity contribution in [2.24, 2.45) is 0 Å². The number of hydrogen-bond acceptors (Lipinski definition) is 3. The van der Waals surface area contributed by atoms with Crippen LogP contribution in [0.25, 0.3) is 0 Å². The summed E-state index contributed by atoms with van der Waals surface area (Å²) in [4.78, 5) is 13.6. The van der Waals surface area contributed by atoms with Crippen LogP contribution in [0.3, 0.4) is 0 Å². The van der Waals surface area contributed by atoms with Crippen LogP contribution in [-0.4, -0.2) is 31.2 Å². The monoisotopic (exact) mass is 328 g/mol. The topological polar surface area (TPSA) is 52.6 Å². The fourth-order valence-electron chi connectivity index (χ4n) is 1.95. The SMILES string of the molecule is CCCN(CC(=O)NC)c1ccc(Br)cc1C(C)O. The Morgan fingerprint density at radius 2 is 2.21 bits per heavy atom. The second-order valence-electron chi connectivity index (χ2n) is 4.47. The molecule has 1 aromatic carbocycles. The molecule has 1 atom stereocenters. The molecule has 0 saturated carbocycles. The highest BCUT2D eigenvalue weighted by molar-refractivity contribution is 9.10. The molecule has 1 aromatic rings. The number of aliphatic hydroxyl groups is 1. The second-order valence-corrected chi connectivity index (χ2v) is 5.39. The van der Waals surface area contributed by atoms with Crippen molar-refractivity contribution in [3.63, 3.8) is 0 Å². The van der Waals surface area contributed by atoms with Gasteiger partial charge in [0.05, 0.1) is 12.6 Å². The fraction of sp³-hybridized carbons (Fsp3) is 0.500. The molecule has 0 spiro atoms. The van der Waals surface area contributed by atoms with Gasteiger partial charge >= 0.3 is 0 Å². The van der Waals surface area contributed by atoms with Crippen LogP contribution < -0.4 is 10.2 Å². The lowest BCUT2D eigenvalue weighted by Gasteiger charge is -2.27. The Bertz CT molecular complexity index is 435. The predicted octanol–water partition coefficient (Wildman–Crippen LogP) is 2.46. The molecular formula is C14H21BrN2O2. The normalized spacial score (nSPS) is 12.1. The maximum atomic E-state index is 11.6. The third-order valence-electron chi connectivity index (χ3n) is 2.89. The Labute approximate surface area is 122 Å². The second kappa shape index (κ2) is 7.50. The molecule has 0 aromatic heterocycles. The van der Waals surface area contributed by atoms with E-state index >= 15 is 0 Å². The number of hydrogen-bond donors (Lipinski definition) is 2. The highest BCUT2D eigenvalue weighted by Gasteiger charge is 2.16. The number of benzene rings is 1. The van der Waals surface area contributed by atoms with Gasteiger partial charge in [0.15, 0.2) is 0 Å². The van der Waals surface area contributed by atoms with Crippen LogP contribution in [0.5, 0.6) is 0 Å². The van der Waals surface area contributed by atoms with Crippen molar-refractivity contribution in [3.05, 3.63) is 28.2 Å². The summed E-state index contributed by atoms with van der Waals surface area (Å²) >= 11 is 3.41. The van der Waals surface area contributed by atoms with Crippen molar-refractivity contribution in [2.75, 3.05) is 25.0 Å². The zero-order valence-corrected chi connectivity index (χ0v) is 13.2. The molecule has 0 aliphatic heterocycles. The summed E-state index contributed by atoms with van der Waals surface area (Å²) in [6.07, 6.45) is 0.364. The fourth-order valence-corrected chi connectivity index (χ4v) is 2.33. The number of amides is 1. The van der Waals surface area contributed by atoms with E-state index in [1.54, 1.807) is 14.0 Å². The van der Waals surface area contributed by atoms with Gasteiger partial charge < -0.3 is 15.3 Å². The summed E-state index contributed by atoms with van der Waals surface area (Å²) in [5.41, 5.74) is 1.73. The zero-order chi connectivity index (χ0) is 14.4. The number of aliphatic hydroxyl groups excluding tert-OH is 1. The lowest BCUT2D eigenvalue weighted by atomic mass is 10.1. The molecule has 1 unspecified atom stereocenters. The van der Waals surface area contributed by atoms with Crippen molar-refractivity contribution >= 4 is 27.5 Å². The molecule has 0 aliphatic carbocycles. The maximum absolute atomic E-state index is 11.6. The molecule has 0 aliphatic rings. The van der Waals surface area contributed by atoms with Crippen molar-refractivity contribution in [2.45, 2.75) is 26.4 Å². The van der Waals surface area contributed by atoms with Gasteiger partial charge in [0, 0.05) is 29.3 Å². The van der Waals surface area contributed by atoms with Crippen LogP contribution >= 0.6 is 15.9 Å². The van der Waals surface area contributed by atoms with Gasteiger partial charge in [-0.15, -0.1) is 0 Å². The van der Waals surface area contributed by atoms with E-state index in [4.69, 9.17) is 0 Å². The van der Waals surface area contributed by atoms with Crippen LogP contribution in [0.1, 0.15) is 31.9 Å². The number of nitrogens with zero attached hydrogens (tertiary/aromatic N) is 1. The summed E-state index contributed by atoms with van der Waals surface area (Å²) in [5, 5.41) is 12.5. The number of carbonyl (C=O) groups is 1. The van der Waals surface area contributed by atoms with E-state index in [-0.39, 0.29) is 5.91 Å². The summed E-state index contributed by atoms with van der Waals surface area (Å²) in [6.45, 7) is 4.87. The average molecular weight is 329 g/mol. The molecule has 106 valence electrons. The maximum Gasteiger partial charge on any atom is 0.239 e. The average Bonchev–Trinajstić information content (AvgIpc) is 2.38. The smallest absolute Gasteiger partial charge is 0.239 e. The third kappa shape index (κ3) is 4.51. The lowest BCUT2D eigenvalue weighted by Crippen LogP contribution is -2.36. The number of rotatable bonds is 6. The van der Waals surface area contributed by atoms with Crippen LogP contribution in [-0.2, 0) is 4.79 Å². The lowest BCUT2D eigenvalue weighted by molar-refractivity contribution is -0.119. The molecular weight excluding hydrogens is 308 g/mol. The molecule has 4 nitrogen and oxygen atoms in total. The minimum atomic E-state index is -0.573. The van der Waals surface area contributed by atoms with Gasteiger partial charge in [-0.25, -0.2) is 0 Å². The molecule has 0 bridgehead atoms. The molecule has 19 heavy (non-hydrogen) atoms. The number of carbonyl (C=O) groups excluding carboxylic acids is 1. The summed E-state index contributed by atoms with van der Waals surface area (Å²) < 4.78 is 0.920. The van der Waals surface area contributed by atoms with Crippen molar-refractivity contribution in [1.82, 2.24) is 5.32 Å². The first-order valence-corrected chi connectivity index (χ1v) is 7.22. The Hall–Kier alpha value is -1.07. The van der Waals surface area contributed by atoms with Gasteiger partial charge in [-0.3, -0.25) is 4.79 Å². The quantitative estimate of drug-likeness (QED) is 0.843. The molecule has 0 heterocycles. The molecule has 0 saturated heterocycles. The van der Waals surface area contributed by atoms with E-state index in [9.17, 15) is 9.90 Å². The van der Waals surface area contributed by atoms with E-state index in [2.05, 4.69) is 28.2 Å². The van der Waals surface area contributed by atoms with Crippen molar-refractivity contribution < 1.29 is 9.90 Å². The molecule has 1 amide bonds. The molecule has 0 fully saturated rings. The van der Waals surface area contributed by atoms with E-state index in [1.807, 2.05) is 23.1 Å². The Balaban J connectivity index is 3.10. The van der Waals surface area contributed by atoms with E-state index in [0.717, 1.165) is 28.7 Å². The standard InChI is InChI=1S/C14H21BrN2O2/c1-4-7-17(9-14(19)16-3)13-6-5-11(15)8-12(13)10(2)18/h5-6,8,10,18H,4,7,9H2,1-3H3,(H,16,19). The van der Waals surface area contributed by atoms with E-state index < -0.39 is 6.10 Å². The van der Waals surface area contributed by atoms with Gasteiger partial charge in [0.25, 0.3) is 0 Å². The first kappa shape index (κ1) is 16.0. The van der Waals surface area contributed by atoms with Crippen molar-refractivity contribution in [3.8, 4) is 0 Å².